The van der Waals surface area contributed by atoms with Crippen molar-refractivity contribution in [1.29, 1.82) is 0 Å². The van der Waals surface area contributed by atoms with Crippen LogP contribution in [0.2, 0.25) is 0 Å². The molecular weight excluding hydrogens is 240 g/mol. The molecule has 19 heavy (non-hydrogen) atoms. The van der Waals surface area contributed by atoms with Crippen LogP contribution in [-0.4, -0.2) is 42.6 Å². The molecule has 0 bridgehead atoms. The van der Waals surface area contributed by atoms with Crippen LogP contribution in [0.15, 0.2) is 24.3 Å². The lowest BCUT2D eigenvalue weighted by Crippen LogP contribution is -2.56. The fourth-order valence-electron chi connectivity index (χ4n) is 3.09. The molecule has 1 amide bonds. The maximum Gasteiger partial charge on any atom is 0.233 e. The van der Waals surface area contributed by atoms with Gasteiger partial charge in [-0.3, -0.25) is 4.79 Å². The molecule has 2 aliphatic heterocycles. The van der Waals surface area contributed by atoms with Crippen molar-refractivity contribution in [2.75, 3.05) is 19.7 Å². The zero-order valence-corrected chi connectivity index (χ0v) is 11.4. The van der Waals surface area contributed by atoms with E-state index < -0.39 is 0 Å². The molecule has 4 heteroatoms. The minimum absolute atomic E-state index is 0.131. The summed E-state index contributed by atoms with van der Waals surface area (Å²) in [6, 6.07) is 8.55. The Hall–Kier alpha value is -1.55. The first-order valence-electron chi connectivity index (χ1n) is 6.91. The average Bonchev–Trinajstić information content (AvgIpc) is 2.80. The molecule has 0 spiro atoms. The molecule has 2 heterocycles. The van der Waals surface area contributed by atoms with Crippen LogP contribution in [0.3, 0.4) is 0 Å². The Balaban J connectivity index is 1.78. The van der Waals surface area contributed by atoms with Gasteiger partial charge in [-0.15, -0.1) is 0 Å². The van der Waals surface area contributed by atoms with E-state index in [-0.39, 0.29) is 11.8 Å². The van der Waals surface area contributed by atoms with Gasteiger partial charge in [-0.05, 0) is 19.9 Å². The third-order valence-corrected chi connectivity index (χ3v) is 3.87. The summed E-state index contributed by atoms with van der Waals surface area (Å²) in [5.41, 5.74) is 1.03. The Morgan fingerprint density at radius 2 is 1.95 bits per heavy atom. The standard InChI is InChI=1S/C15H20N2O2/c1-10-7-17(8-11(2)16-10)15(18)13-9-19-14-6-4-3-5-12(13)14/h3-6,10-11,13,16H,7-9H2,1-2H3/t10-,11-,13-/m1/s1. The predicted molar refractivity (Wildman–Crippen MR) is 73.3 cm³/mol. The second-order valence-electron chi connectivity index (χ2n) is 5.61. The highest BCUT2D eigenvalue weighted by Crippen LogP contribution is 2.34. The van der Waals surface area contributed by atoms with Crippen molar-refractivity contribution in [1.82, 2.24) is 10.2 Å². The van der Waals surface area contributed by atoms with E-state index in [4.69, 9.17) is 4.74 Å². The van der Waals surface area contributed by atoms with Gasteiger partial charge in [0.25, 0.3) is 0 Å². The number of piperazine rings is 1. The van der Waals surface area contributed by atoms with E-state index in [9.17, 15) is 4.79 Å². The van der Waals surface area contributed by atoms with Crippen LogP contribution in [0.25, 0.3) is 0 Å². The fourth-order valence-corrected chi connectivity index (χ4v) is 3.09. The molecule has 4 nitrogen and oxygen atoms in total. The molecule has 1 aromatic carbocycles. The van der Waals surface area contributed by atoms with Gasteiger partial charge in [-0.1, -0.05) is 18.2 Å². The van der Waals surface area contributed by atoms with Gasteiger partial charge in [0, 0.05) is 30.7 Å². The van der Waals surface area contributed by atoms with Gasteiger partial charge in [-0.25, -0.2) is 0 Å². The summed E-state index contributed by atoms with van der Waals surface area (Å²) >= 11 is 0. The molecule has 0 aromatic heterocycles. The van der Waals surface area contributed by atoms with Crippen LogP contribution >= 0.6 is 0 Å². The summed E-state index contributed by atoms with van der Waals surface area (Å²) < 4.78 is 5.61. The number of para-hydroxylation sites is 1. The summed E-state index contributed by atoms with van der Waals surface area (Å²) in [6.45, 7) is 6.28. The highest BCUT2D eigenvalue weighted by Gasteiger charge is 2.35. The van der Waals surface area contributed by atoms with Gasteiger partial charge < -0.3 is 15.0 Å². The third-order valence-electron chi connectivity index (χ3n) is 3.87. The molecule has 3 rings (SSSR count). The maximum atomic E-state index is 12.7. The normalized spacial score (nSPS) is 29.8. The van der Waals surface area contributed by atoms with E-state index in [0.717, 1.165) is 24.4 Å². The van der Waals surface area contributed by atoms with Gasteiger partial charge in [0.15, 0.2) is 0 Å². The number of benzene rings is 1. The number of nitrogens with one attached hydrogen (secondary N) is 1. The Labute approximate surface area is 113 Å². The van der Waals surface area contributed by atoms with E-state index in [0.29, 0.717) is 18.7 Å². The summed E-state index contributed by atoms with van der Waals surface area (Å²) in [7, 11) is 0. The number of fused-ring (bicyclic) bond motifs is 1. The smallest absolute Gasteiger partial charge is 0.233 e. The Morgan fingerprint density at radius 3 is 2.68 bits per heavy atom. The van der Waals surface area contributed by atoms with Crippen LogP contribution in [-0.2, 0) is 4.79 Å². The zero-order chi connectivity index (χ0) is 13.4. The van der Waals surface area contributed by atoms with E-state index in [1.807, 2.05) is 29.2 Å². The number of amides is 1. The van der Waals surface area contributed by atoms with Crippen molar-refractivity contribution in [3.8, 4) is 5.75 Å². The predicted octanol–water partition coefficient (Wildman–Crippen LogP) is 1.37. The van der Waals surface area contributed by atoms with E-state index in [1.165, 1.54) is 0 Å². The number of rotatable bonds is 1. The Morgan fingerprint density at radius 1 is 1.26 bits per heavy atom. The maximum absolute atomic E-state index is 12.7. The lowest BCUT2D eigenvalue weighted by atomic mass is 9.98. The number of hydrogen-bond acceptors (Lipinski definition) is 3. The lowest BCUT2D eigenvalue weighted by Gasteiger charge is -2.37. The van der Waals surface area contributed by atoms with Crippen molar-refractivity contribution in [2.24, 2.45) is 0 Å². The molecule has 3 atom stereocenters. The van der Waals surface area contributed by atoms with E-state index in [1.54, 1.807) is 0 Å². The van der Waals surface area contributed by atoms with Crippen LogP contribution in [0.5, 0.6) is 5.75 Å². The topological polar surface area (TPSA) is 41.6 Å². The molecule has 1 N–H and O–H groups in total. The highest BCUT2D eigenvalue weighted by atomic mass is 16.5. The van der Waals surface area contributed by atoms with E-state index >= 15 is 0 Å². The Kier molecular flexibility index (Phi) is 3.19. The fraction of sp³-hybridized carbons (Fsp3) is 0.533. The lowest BCUT2D eigenvalue weighted by molar-refractivity contribution is -0.134. The summed E-state index contributed by atoms with van der Waals surface area (Å²) in [6.07, 6.45) is 0. The highest BCUT2D eigenvalue weighted by molar-refractivity contribution is 5.85. The van der Waals surface area contributed by atoms with Gasteiger partial charge >= 0.3 is 0 Å². The number of ether oxygens (including phenoxy) is 1. The van der Waals surface area contributed by atoms with Crippen LogP contribution < -0.4 is 10.1 Å². The van der Waals surface area contributed by atoms with Crippen molar-refractivity contribution in [3.63, 3.8) is 0 Å². The summed E-state index contributed by atoms with van der Waals surface area (Å²) in [5, 5.41) is 3.45. The van der Waals surface area contributed by atoms with Crippen LogP contribution in [0, 0.1) is 0 Å². The molecule has 0 radical (unpaired) electrons. The van der Waals surface area contributed by atoms with Crippen molar-refractivity contribution in [3.05, 3.63) is 29.8 Å². The largest absolute Gasteiger partial charge is 0.492 e. The molecule has 2 aliphatic rings. The molecule has 0 aliphatic carbocycles. The van der Waals surface area contributed by atoms with Gasteiger partial charge in [0.1, 0.15) is 18.3 Å². The van der Waals surface area contributed by atoms with E-state index in [2.05, 4.69) is 19.2 Å². The van der Waals surface area contributed by atoms with Crippen molar-refractivity contribution < 1.29 is 9.53 Å². The second-order valence-corrected chi connectivity index (χ2v) is 5.61. The zero-order valence-electron chi connectivity index (χ0n) is 11.4. The molecule has 102 valence electrons. The molecule has 1 fully saturated rings. The summed E-state index contributed by atoms with van der Waals surface area (Å²) in [4.78, 5) is 14.6. The molecule has 0 unspecified atom stereocenters. The Bertz CT molecular complexity index is 479. The average molecular weight is 260 g/mol. The minimum atomic E-state index is -0.131. The third kappa shape index (κ3) is 2.32. The van der Waals surface area contributed by atoms with Crippen molar-refractivity contribution in [2.45, 2.75) is 31.8 Å². The van der Waals surface area contributed by atoms with Gasteiger partial charge in [0.2, 0.25) is 5.91 Å². The number of carbonyl (C=O) groups excluding carboxylic acids is 1. The quantitative estimate of drug-likeness (QED) is 0.829. The number of nitrogens with zero attached hydrogens (tertiary/aromatic N) is 1. The number of carbonyl (C=O) groups is 1. The van der Waals surface area contributed by atoms with Crippen LogP contribution in [0.4, 0.5) is 0 Å². The molecule has 1 aromatic rings. The molecule has 0 saturated carbocycles. The monoisotopic (exact) mass is 260 g/mol. The minimum Gasteiger partial charge on any atom is -0.492 e. The SMILES string of the molecule is C[C@@H]1CN(C(=O)[C@@H]2COc3ccccc32)C[C@@H](C)N1. The first-order valence-corrected chi connectivity index (χ1v) is 6.91. The van der Waals surface area contributed by atoms with Crippen LogP contribution in [0.1, 0.15) is 25.3 Å². The first kappa shape index (κ1) is 12.5. The van der Waals surface area contributed by atoms with Gasteiger partial charge in [0.05, 0.1) is 0 Å². The first-order chi connectivity index (χ1) is 9.15. The molecule has 1 saturated heterocycles. The van der Waals surface area contributed by atoms with Crippen molar-refractivity contribution >= 4 is 5.91 Å². The number of hydrogen-bond donors (Lipinski definition) is 1. The van der Waals surface area contributed by atoms with Gasteiger partial charge in [-0.2, -0.15) is 0 Å². The molecular formula is C15H20N2O2. The second kappa shape index (κ2) is 4.85. The summed E-state index contributed by atoms with van der Waals surface area (Å²) in [5.74, 6) is 0.927.